The molecule has 0 fully saturated rings. The number of carboxylic acids is 1. The van der Waals surface area contributed by atoms with Gasteiger partial charge >= 0.3 is 5.97 Å². The van der Waals surface area contributed by atoms with Crippen LogP contribution >= 0.6 is 0 Å². The van der Waals surface area contributed by atoms with Crippen LogP contribution in [0, 0.1) is 5.92 Å². The normalized spacial score (nSPS) is 12.1. The minimum atomic E-state index is -1.05. The highest BCUT2D eigenvalue weighted by Gasteiger charge is 2.07. The summed E-state index contributed by atoms with van der Waals surface area (Å²) >= 11 is 0. The summed E-state index contributed by atoms with van der Waals surface area (Å²) in [4.78, 5) is 18.5. The molecule has 0 aliphatic rings. The van der Waals surface area contributed by atoms with Gasteiger partial charge in [-0.2, -0.15) is 0 Å². The van der Waals surface area contributed by atoms with Gasteiger partial charge in [0.15, 0.2) is 5.69 Å². The van der Waals surface area contributed by atoms with Gasteiger partial charge in [0.2, 0.25) is 0 Å². The number of anilines is 1. The van der Waals surface area contributed by atoms with Crippen LogP contribution in [0.4, 0.5) is 5.82 Å². The molecule has 18 heavy (non-hydrogen) atoms. The molecule has 1 aromatic rings. The van der Waals surface area contributed by atoms with Gasteiger partial charge in [0.25, 0.3) is 0 Å². The number of carboxylic acid groups (broad SMARTS) is 1. The van der Waals surface area contributed by atoms with Gasteiger partial charge < -0.3 is 10.4 Å². The van der Waals surface area contributed by atoms with Crippen molar-refractivity contribution in [3.05, 3.63) is 18.1 Å². The highest BCUT2D eigenvalue weighted by Crippen LogP contribution is 2.13. The van der Waals surface area contributed by atoms with Crippen LogP contribution in [-0.2, 0) is 0 Å². The zero-order chi connectivity index (χ0) is 13.4. The molecule has 5 nitrogen and oxygen atoms in total. The molecule has 1 unspecified atom stereocenters. The third-order valence-electron chi connectivity index (χ3n) is 2.99. The van der Waals surface area contributed by atoms with E-state index in [1.807, 2.05) is 0 Å². The topological polar surface area (TPSA) is 75.1 Å². The third kappa shape index (κ3) is 4.69. The van der Waals surface area contributed by atoms with Crippen LogP contribution in [0.3, 0.4) is 0 Å². The molecular weight excluding hydrogens is 230 g/mol. The van der Waals surface area contributed by atoms with Gasteiger partial charge in [-0.3, -0.25) is 0 Å². The lowest BCUT2D eigenvalue weighted by Gasteiger charge is -2.15. The molecule has 0 amide bonds. The predicted molar refractivity (Wildman–Crippen MR) is 70.8 cm³/mol. The Bertz CT molecular complexity index is 365. The van der Waals surface area contributed by atoms with E-state index in [1.165, 1.54) is 31.7 Å². The number of aromatic nitrogens is 2. The molecule has 0 spiro atoms. The molecule has 0 bridgehead atoms. The number of hydrogen-bond donors (Lipinski definition) is 2. The fourth-order valence-electron chi connectivity index (χ4n) is 1.72. The van der Waals surface area contributed by atoms with Crippen LogP contribution in [0.25, 0.3) is 0 Å². The number of nitrogens with one attached hydrogen (secondary N) is 1. The van der Waals surface area contributed by atoms with Crippen LogP contribution in [0.1, 0.15) is 50.0 Å². The molecule has 2 N–H and O–H groups in total. The summed E-state index contributed by atoms with van der Waals surface area (Å²) in [5.41, 5.74) is -0.0291. The monoisotopic (exact) mass is 251 g/mol. The zero-order valence-electron chi connectivity index (χ0n) is 11.0. The van der Waals surface area contributed by atoms with Crippen molar-refractivity contribution < 1.29 is 9.90 Å². The van der Waals surface area contributed by atoms with Crippen molar-refractivity contribution in [2.24, 2.45) is 5.92 Å². The number of unbranched alkanes of at least 4 members (excludes halogenated alkanes) is 1. The summed E-state index contributed by atoms with van der Waals surface area (Å²) in [6.07, 6.45) is 7.54. The SMILES string of the molecule is CCCCC(CC)CNc1cnc(C(=O)O)cn1. The first kappa shape index (κ1) is 14.4. The van der Waals surface area contributed by atoms with Crippen molar-refractivity contribution in [3.8, 4) is 0 Å². The maximum absolute atomic E-state index is 10.6. The van der Waals surface area contributed by atoms with Gasteiger partial charge in [0.1, 0.15) is 5.82 Å². The Morgan fingerprint density at radius 3 is 2.67 bits per heavy atom. The molecule has 0 aliphatic carbocycles. The van der Waals surface area contributed by atoms with E-state index in [-0.39, 0.29) is 5.69 Å². The molecular formula is C13H21N3O2. The number of carbonyl (C=O) groups is 1. The van der Waals surface area contributed by atoms with E-state index < -0.39 is 5.97 Å². The molecule has 1 rings (SSSR count). The Labute approximate surface area is 108 Å². The van der Waals surface area contributed by atoms with Crippen LogP contribution < -0.4 is 5.32 Å². The van der Waals surface area contributed by atoms with Crippen LogP contribution in [0.2, 0.25) is 0 Å². The fraction of sp³-hybridized carbons (Fsp3) is 0.615. The summed E-state index contributed by atoms with van der Waals surface area (Å²) in [6.45, 7) is 5.23. The quantitative estimate of drug-likeness (QED) is 0.743. The largest absolute Gasteiger partial charge is 0.476 e. The van der Waals surface area contributed by atoms with Gasteiger partial charge in [-0.1, -0.05) is 33.1 Å². The van der Waals surface area contributed by atoms with Crippen molar-refractivity contribution >= 4 is 11.8 Å². The first-order valence-electron chi connectivity index (χ1n) is 6.46. The van der Waals surface area contributed by atoms with Crippen molar-refractivity contribution in [2.45, 2.75) is 39.5 Å². The fourth-order valence-corrected chi connectivity index (χ4v) is 1.72. The Hall–Kier alpha value is -1.65. The first-order valence-corrected chi connectivity index (χ1v) is 6.46. The Morgan fingerprint density at radius 1 is 1.39 bits per heavy atom. The summed E-state index contributed by atoms with van der Waals surface area (Å²) in [7, 11) is 0. The summed E-state index contributed by atoms with van der Waals surface area (Å²) in [6, 6.07) is 0. The zero-order valence-corrected chi connectivity index (χ0v) is 11.0. The van der Waals surface area contributed by atoms with Crippen LogP contribution in [0.5, 0.6) is 0 Å². The Balaban J connectivity index is 2.44. The second kappa shape index (κ2) is 7.63. The number of aromatic carboxylic acids is 1. The van der Waals surface area contributed by atoms with E-state index in [0.29, 0.717) is 11.7 Å². The van der Waals surface area contributed by atoms with Gasteiger partial charge in [-0.05, 0) is 12.3 Å². The number of nitrogens with zero attached hydrogens (tertiary/aromatic N) is 2. The standard InChI is InChI=1S/C13H21N3O2/c1-3-5-6-10(4-2)7-15-12-9-14-11(8-16-12)13(17)18/h8-10H,3-7H2,1-2H3,(H,15,16)(H,17,18). The van der Waals surface area contributed by atoms with E-state index in [1.54, 1.807) is 0 Å². The second-order valence-corrected chi connectivity index (χ2v) is 4.39. The molecule has 0 saturated carbocycles. The maximum atomic E-state index is 10.6. The van der Waals surface area contributed by atoms with E-state index in [2.05, 4.69) is 29.1 Å². The average Bonchev–Trinajstić information content (AvgIpc) is 2.39. The summed E-state index contributed by atoms with van der Waals surface area (Å²) in [5.74, 6) is 0.212. The van der Waals surface area contributed by atoms with Gasteiger partial charge in [-0.25, -0.2) is 14.8 Å². The highest BCUT2D eigenvalue weighted by molar-refractivity contribution is 5.84. The third-order valence-corrected chi connectivity index (χ3v) is 2.99. The second-order valence-electron chi connectivity index (χ2n) is 4.39. The lowest BCUT2D eigenvalue weighted by Crippen LogP contribution is -2.15. The average molecular weight is 251 g/mol. The predicted octanol–water partition coefficient (Wildman–Crippen LogP) is 2.80. The van der Waals surface area contributed by atoms with E-state index in [4.69, 9.17) is 5.11 Å². The van der Waals surface area contributed by atoms with Gasteiger partial charge in [0.05, 0.1) is 12.4 Å². The molecule has 1 heterocycles. The van der Waals surface area contributed by atoms with Crippen molar-refractivity contribution in [1.82, 2.24) is 9.97 Å². The summed E-state index contributed by atoms with van der Waals surface area (Å²) < 4.78 is 0. The van der Waals surface area contributed by atoms with Crippen molar-refractivity contribution in [2.75, 3.05) is 11.9 Å². The molecule has 1 aromatic heterocycles. The maximum Gasteiger partial charge on any atom is 0.356 e. The Kier molecular flexibility index (Phi) is 6.11. The van der Waals surface area contributed by atoms with Crippen LogP contribution in [-0.4, -0.2) is 27.6 Å². The number of rotatable bonds is 8. The molecule has 5 heteroatoms. The highest BCUT2D eigenvalue weighted by atomic mass is 16.4. The van der Waals surface area contributed by atoms with Crippen molar-refractivity contribution in [1.29, 1.82) is 0 Å². The summed E-state index contributed by atoms with van der Waals surface area (Å²) in [5, 5.41) is 11.9. The molecule has 0 aromatic carbocycles. The molecule has 100 valence electrons. The lowest BCUT2D eigenvalue weighted by molar-refractivity contribution is 0.0690. The molecule has 1 atom stereocenters. The van der Waals surface area contributed by atoms with E-state index >= 15 is 0 Å². The lowest BCUT2D eigenvalue weighted by atomic mass is 9.99. The van der Waals surface area contributed by atoms with Crippen LogP contribution in [0.15, 0.2) is 12.4 Å². The molecule has 0 radical (unpaired) electrons. The van der Waals surface area contributed by atoms with E-state index in [0.717, 1.165) is 13.0 Å². The van der Waals surface area contributed by atoms with Gasteiger partial charge in [0, 0.05) is 6.54 Å². The minimum absolute atomic E-state index is 0.0291. The smallest absolute Gasteiger partial charge is 0.356 e. The van der Waals surface area contributed by atoms with Gasteiger partial charge in [-0.15, -0.1) is 0 Å². The molecule has 0 aliphatic heterocycles. The van der Waals surface area contributed by atoms with Crippen molar-refractivity contribution in [3.63, 3.8) is 0 Å². The number of hydrogen-bond acceptors (Lipinski definition) is 4. The first-order chi connectivity index (χ1) is 8.67. The minimum Gasteiger partial charge on any atom is -0.476 e. The van der Waals surface area contributed by atoms with E-state index in [9.17, 15) is 4.79 Å². The Morgan fingerprint density at radius 2 is 2.17 bits per heavy atom. The molecule has 0 saturated heterocycles.